The second-order valence-electron chi connectivity index (χ2n) is 7.06. The van der Waals surface area contributed by atoms with Crippen molar-refractivity contribution in [3.63, 3.8) is 0 Å². The van der Waals surface area contributed by atoms with Crippen molar-refractivity contribution in [2.45, 2.75) is 57.2 Å². The molecule has 1 amide bonds. The van der Waals surface area contributed by atoms with Gasteiger partial charge in [-0.05, 0) is 31.0 Å². The van der Waals surface area contributed by atoms with Crippen molar-refractivity contribution < 1.29 is 9.18 Å². The number of aromatic nitrogens is 2. The summed E-state index contributed by atoms with van der Waals surface area (Å²) in [6.07, 6.45) is 5.55. The first kappa shape index (κ1) is 19.7. The lowest BCUT2D eigenvalue weighted by Crippen LogP contribution is -2.18. The molecule has 0 saturated heterocycles. The van der Waals surface area contributed by atoms with Crippen molar-refractivity contribution in [3.05, 3.63) is 51.6 Å². The van der Waals surface area contributed by atoms with Crippen LogP contribution in [0.3, 0.4) is 0 Å². The predicted octanol–water partition coefficient (Wildman–Crippen LogP) is 4.62. The molecule has 1 aliphatic rings. The number of halogens is 1. The molecule has 1 aromatic carbocycles. The molecule has 7 heteroatoms. The highest BCUT2D eigenvalue weighted by atomic mass is 32.2. The van der Waals surface area contributed by atoms with Crippen LogP contribution in [0.15, 0.2) is 29.1 Å². The molecular formula is C20H26FN3O2S. The second kappa shape index (κ2) is 8.78. The summed E-state index contributed by atoms with van der Waals surface area (Å²) in [4.78, 5) is 25.0. The van der Waals surface area contributed by atoms with Gasteiger partial charge in [-0.2, -0.15) is 0 Å². The van der Waals surface area contributed by atoms with Gasteiger partial charge in [0.25, 0.3) is 5.56 Å². The lowest BCUT2D eigenvalue weighted by Gasteiger charge is -2.18. The SMILES string of the molecule is CCCCCC[C@@H](C)n1[nH]c(=O)c2c1NC(=O)CS[C@@H]2c1ccc(F)cc1. The first-order chi connectivity index (χ1) is 13.0. The molecule has 146 valence electrons. The number of anilines is 1. The van der Waals surface area contributed by atoms with E-state index < -0.39 is 0 Å². The highest BCUT2D eigenvalue weighted by Crippen LogP contribution is 2.40. The Balaban J connectivity index is 1.94. The third-order valence-electron chi connectivity index (χ3n) is 4.95. The Hall–Kier alpha value is -2.02. The Morgan fingerprint density at radius 2 is 1.96 bits per heavy atom. The third kappa shape index (κ3) is 4.46. The largest absolute Gasteiger partial charge is 0.310 e. The van der Waals surface area contributed by atoms with E-state index in [1.807, 2.05) is 0 Å². The zero-order valence-electron chi connectivity index (χ0n) is 15.8. The summed E-state index contributed by atoms with van der Waals surface area (Å²) in [5.41, 5.74) is 1.16. The molecule has 0 fully saturated rings. The number of carbonyl (C=O) groups excluding carboxylic acids is 1. The number of amides is 1. The maximum atomic E-state index is 13.3. The fourth-order valence-corrected chi connectivity index (χ4v) is 4.60. The summed E-state index contributed by atoms with van der Waals surface area (Å²) >= 11 is 1.39. The lowest BCUT2D eigenvalue weighted by molar-refractivity contribution is -0.113. The summed E-state index contributed by atoms with van der Waals surface area (Å²) < 4.78 is 15.1. The maximum Gasteiger partial charge on any atom is 0.270 e. The van der Waals surface area contributed by atoms with Crippen LogP contribution in [-0.4, -0.2) is 21.4 Å². The smallest absolute Gasteiger partial charge is 0.270 e. The molecule has 0 bridgehead atoms. The molecule has 0 spiro atoms. The number of carbonyl (C=O) groups is 1. The lowest BCUT2D eigenvalue weighted by atomic mass is 10.1. The van der Waals surface area contributed by atoms with Crippen LogP contribution in [-0.2, 0) is 4.79 Å². The van der Waals surface area contributed by atoms with Gasteiger partial charge in [-0.1, -0.05) is 44.7 Å². The molecule has 27 heavy (non-hydrogen) atoms. The zero-order chi connectivity index (χ0) is 19.4. The van der Waals surface area contributed by atoms with Crippen LogP contribution in [0.25, 0.3) is 0 Å². The molecule has 0 unspecified atom stereocenters. The molecule has 0 aliphatic carbocycles. The number of benzene rings is 1. The summed E-state index contributed by atoms with van der Waals surface area (Å²) in [5.74, 6) is 0.351. The number of aromatic amines is 1. The van der Waals surface area contributed by atoms with Gasteiger partial charge in [0.15, 0.2) is 0 Å². The molecule has 3 rings (SSSR count). The van der Waals surface area contributed by atoms with Crippen molar-refractivity contribution in [2.75, 3.05) is 11.1 Å². The first-order valence-electron chi connectivity index (χ1n) is 9.52. The molecule has 2 atom stereocenters. The molecule has 1 aromatic heterocycles. The number of nitrogens with zero attached hydrogens (tertiary/aromatic N) is 1. The average molecular weight is 392 g/mol. The van der Waals surface area contributed by atoms with Gasteiger partial charge in [0, 0.05) is 6.04 Å². The predicted molar refractivity (Wildman–Crippen MR) is 108 cm³/mol. The van der Waals surface area contributed by atoms with Crippen LogP contribution in [0.2, 0.25) is 0 Å². The molecule has 1 aliphatic heterocycles. The van der Waals surface area contributed by atoms with Gasteiger partial charge in [-0.15, -0.1) is 11.8 Å². The van der Waals surface area contributed by atoms with E-state index in [0.29, 0.717) is 11.4 Å². The minimum atomic E-state index is -0.320. The van der Waals surface area contributed by atoms with Crippen molar-refractivity contribution in [2.24, 2.45) is 0 Å². The fourth-order valence-electron chi connectivity index (χ4n) is 3.47. The molecular weight excluding hydrogens is 365 g/mol. The number of rotatable bonds is 7. The van der Waals surface area contributed by atoms with Crippen LogP contribution in [0.1, 0.15) is 68.4 Å². The van der Waals surface area contributed by atoms with Crippen LogP contribution in [0, 0.1) is 5.82 Å². The standard InChI is InChI=1S/C20H26FN3O2S/c1-3-4-5-6-7-13(2)24-19-17(20(26)23-24)18(27-12-16(25)22-19)14-8-10-15(21)11-9-14/h8-11,13,18H,3-7,12H2,1-2H3,(H,22,25)(H,23,26)/t13-,18-/m1/s1. The summed E-state index contributed by atoms with van der Waals surface area (Å²) in [7, 11) is 0. The van der Waals surface area contributed by atoms with Crippen LogP contribution in [0.4, 0.5) is 10.2 Å². The molecule has 2 aromatic rings. The third-order valence-corrected chi connectivity index (χ3v) is 6.22. The fraction of sp³-hybridized carbons (Fsp3) is 0.500. The van der Waals surface area contributed by atoms with E-state index in [4.69, 9.17) is 0 Å². The van der Waals surface area contributed by atoms with E-state index in [1.165, 1.54) is 36.7 Å². The highest BCUT2D eigenvalue weighted by molar-refractivity contribution is 8.00. The van der Waals surface area contributed by atoms with Gasteiger partial charge in [0.1, 0.15) is 11.6 Å². The quantitative estimate of drug-likeness (QED) is 0.677. The van der Waals surface area contributed by atoms with E-state index in [2.05, 4.69) is 24.3 Å². The number of hydrogen-bond donors (Lipinski definition) is 2. The normalized spacial score (nSPS) is 17.9. The van der Waals surface area contributed by atoms with E-state index in [0.717, 1.165) is 24.8 Å². The Morgan fingerprint density at radius 1 is 1.22 bits per heavy atom. The average Bonchev–Trinajstić information content (AvgIpc) is 2.85. The second-order valence-corrected chi connectivity index (χ2v) is 8.16. The van der Waals surface area contributed by atoms with E-state index in [9.17, 15) is 14.0 Å². The van der Waals surface area contributed by atoms with Crippen LogP contribution < -0.4 is 10.9 Å². The van der Waals surface area contributed by atoms with Gasteiger partial charge >= 0.3 is 0 Å². The van der Waals surface area contributed by atoms with E-state index in [1.54, 1.807) is 16.8 Å². The zero-order valence-corrected chi connectivity index (χ0v) is 16.6. The monoisotopic (exact) mass is 391 g/mol. The number of hydrogen-bond acceptors (Lipinski definition) is 3. The van der Waals surface area contributed by atoms with Crippen molar-refractivity contribution in [3.8, 4) is 0 Å². The Morgan fingerprint density at radius 3 is 2.67 bits per heavy atom. The van der Waals surface area contributed by atoms with Crippen LogP contribution >= 0.6 is 11.8 Å². The first-order valence-corrected chi connectivity index (χ1v) is 10.6. The van der Waals surface area contributed by atoms with Gasteiger partial charge in [0.05, 0.1) is 16.6 Å². The number of fused-ring (bicyclic) bond motifs is 1. The minimum Gasteiger partial charge on any atom is -0.310 e. The van der Waals surface area contributed by atoms with Gasteiger partial charge in [-0.3, -0.25) is 19.4 Å². The Bertz CT molecular complexity index is 844. The molecule has 2 N–H and O–H groups in total. The Labute approximate surface area is 162 Å². The topological polar surface area (TPSA) is 66.9 Å². The minimum absolute atomic E-state index is 0.0792. The summed E-state index contributed by atoms with van der Waals surface area (Å²) in [6, 6.07) is 6.21. The van der Waals surface area contributed by atoms with Crippen LogP contribution in [0.5, 0.6) is 0 Å². The number of H-pyrrole nitrogens is 1. The molecule has 0 radical (unpaired) electrons. The summed E-state index contributed by atoms with van der Waals surface area (Å²) in [6.45, 7) is 4.23. The Kier molecular flexibility index (Phi) is 6.42. The molecule has 0 saturated carbocycles. The van der Waals surface area contributed by atoms with Crippen molar-refractivity contribution in [1.29, 1.82) is 0 Å². The van der Waals surface area contributed by atoms with Gasteiger partial charge < -0.3 is 5.32 Å². The highest BCUT2D eigenvalue weighted by Gasteiger charge is 2.31. The van der Waals surface area contributed by atoms with Gasteiger partial charge in [0.2, 0.25) is 5.91 Å². The van der Waals surface area contributed by atoms with E-state index in [-0.39, 0.29) is 34.3 Å². The summed E-state index contributed by atoms with van der Waals surface area (Å²) in [5, 5.41) is 5.51. The van der Waals surface area contributed by atoms with Crippen molar-refractivity contribution >= 4 is 23.5 Å². The van der Waals surface area contributed by atoms with Gasteiger partial charge in [-0.25, -0.2) is 4.39 Å². The van der Waals surface area contributed by atoms with Crippen molar-refractivity contribution in [1.82, 2.24) is 9.78 Å². The molecule has 5 nitrogen and oxygen atoms in total. The van der Waals surface area contributed by atoms with E-state index >= 15 is 0 Å². The maximum absolute atomic E-state index is 13.3. The number of unbranched alkanes of at least 4 members (excludes halogenated alkanes) is 3. The number of nitrogens with one attached hydrogen (secondary N) is 2. The molecule has 2 heterocycles. The number of thioether (sulfide) groups is 1.